The minimum atomic E-state index is 1.04. The first-order valence-corrected chi connectivity index (χ1v) is 1.87. The zero-order chi connectivity index (χ0) is 4.41. The molecule has 0 saturated heterocycles. The first-order valence-electron chi connectivity index (χ1n) is 1.87. The van der Waals surface area contributed by atoms with Gasteiger partial charge in [0.05, 0.1) is 6.34 Å². The molecule has 0 bridgehead atoms. The summed E-state index contributed by atoms with van der Waals surface area (Å²) >= 11 is 0. The normalized spacial score (nSPS) is 18.3. The van der Waals surface area contributed by atoms with Crippen LogP contribution in [0.1, 0.15) is 6.42 Å². The lowest BCUT2D eigenvalue weighted by molar-refractivity contribution is 1.39. The molecule has 0 spiro atoms. The van der Waals surface area contributed by atoms with Crippen LogP contribution < -0.4 is 5.73 Å². The van der Waals surface area contributed by atoms with Gasteiger partial charge in [0.1, 0.15) is 0 Å². The molecule has 1 rings (SSSR count). The minimum absolute atomic E-state index is 1.04. The van der Waals surface area contributed by atoms with Crippen LogP contribution in [0.2, 0.25) is 0 Å². The Kier molecular flexibility index (Phi) is 0.638. The maximum Gasteiger partial charge on any atom is 0.0856 e. The second-order valence-electron chi connectivity index (χ2n) is 1.18. The van der Waals surface area contributed by atoms with Crippen LogP contribution in [0.5, 0.6) is 0 Å². The Balaban J connectivity index is 2.34. The molecule has 0 radical (unpaired) electrons. The van der Waals surface area contributed by atoms with Crippen LogP contribution >= 0.6 is 0 Å². The van der Waals surface area contributed by atoms with Crippen molar-refractivity contribution in [3.8, 4) is 0 Å². The third-order valence-electron chi connectivity index (χ3n) is 0.627. The van der Waals surface area contributed by atoms with Gasteiger partial charge in [-0.15, -0.1) is 0 Å². The lowest BCUT2D eigenvalue weighted by atomic mass is 10.8. The topological polar surface area (TPSA) is 38.4 Å². The molecule has 0 unspecified atom stereocenters. The minimum Gasteiger partial charge on any atom is -0.390 e. The summed E-state index contributed by atoms with van der Waals surface area (Å²) in [6, 6.07) is 0. The molecule has 0 atom stereocenters. The number of aliphatic imine (C=N–C) groups is 1. The van der Waals surface area contributed by atoms with Gasteiger partial charge < -0.3 is 5.73 Å². The van der Waals surface area contributed by atoms with E-state index >= 15 is 0 Å². The number of hydrogen-bond acceptors (Lipinski definition) is 1. The second-order valence-corrected chi connectivity index (χ2v) is 1.18. The maximum absolute atomic E-state index is 4.94. The fraction of sp³-hybridized carbons (Fsp3) is 0.250. The first kappa shape index (κ1) is 3.40. The smallest absolute Gasteiger partial charge is 0.0856 e. The summed E-state index contributed by atoms with van der Waals surface area (Å²) in [5.41, 5.74) is 6.05. The van der Waals surface area contributed by atoms with E-state index in [1.165, 1.54) is 6.34 Å². The van der Waals surface area contributed by atoms with Gasteiger partial charge in [0.25, 0.3) is 0 Å². The van der Waals surface area contributed by atoms with Crippen LogP contribution in [0.25, 0.3) is 0 Å². The molecule has 6 heavy (non-hydrogen) atoms. The molecule has 2 nitrogen and oxygen atoms in total. The standard InChI is InChI=1S/C4H6N2/c5-3-6-4-1-2-4/h1,3H,2H2,(H2,5,6). The van der Waals surface area contributed by atoms with Crippen molar-refractivity contribution in [1.82, 2.24) is 0 Å². The Bertz CT molecular complexity index is 102. The van der Waals surface area contributed by atoms with Gasteiger partial charge in [0.15, 0.2) is 0 Å². The van der Waals surface area contributed by atoms with Gasteiger partial charge in [-0.2, -0.15) is 0 Å². The first-order chi connectivity index (χ1) is 2.93. The summed E-state index contributed by atoms with van der Waals surface area (Å²) < 4.78 is 0. The predicted molar refractivity (Wildman–Crippen MR) is 25.4 cm³/mol. The molecule has 32 valence electrons. The fourth-order valence-electron chi connectivity index (χ4n) is 0.247. The maximum atomic E-state index is 4.94. The summed E-state index contributed by atoms with van der Waals surface area (Å²) in [5.74, 6) is 0. The van der Waals surface area contributed by atoms with Crippen LogP contribution in [-0.4, -0.2) is 6.34 Å². The van der Waals surface area contributed by atoms with Crippen LogP contribution in [0.15, 0.2) is 16.8 Å². The number of hydrogen-bond donors (Lipinski definition) is 1. The van der Waals surface area contributed by atoms with Gasteiger partial charge in [0.2, 0.25) is 0 Å². The Morgan fingerprint density at radius 2 is 2.67 bits per heavy atom. The monoisotopic (exact) mass is 82.1 g/mol. The quantitative estimate of drug-likeness (QED) is 0.357. The van der Waals surface area contributed by atoms with Gasteiger partial charge in [0, 0.05) is 12.1 Å². The van der Waals surface area contributed by atoms with E-state index in [2.05, 4.69) is 4.99 Å². The Morgan fingerprint density at radius 1 is 2.00 bits per heavy atom. The molecule has 1 aliphatic rings. The van der Waals surface area contributed by atoms with Crippen LogP contribution in [0.3, 0.4) is 0 Å². The van der Waals surface area contributed by atoms with Gasteiger partial charge in [-0.05, 0) is 0 Å². The van der Waals surface area contributed by atoms with Crippen molar-refractivity contribution in [2.45, 2.75) is 6.42 Å². The Labute approximate surface area is 36.4 Å². The molecule has 0 heterocycles. The van der Waals surface area contributed by atoms with Gasteiger partial charge in [-0.3, -0.25) is 0 Å². The lowest BCUT2D eigenvalue weighted by Crippen LogP contribution is -1.85. The highest BCUT2D eigenvalue weighted by molar-refractivity contribution is 5.54. The predicted octanol–water partition coefficient (Wildman–Crippen LogP) is 0.261. The van der Waals surface area contributed by atoms with E-state index in [9.17, 15) is 0 Å². The van der Waals surface area contributed by atoms with E-state index in [0.29, 0.717) is 0 Å². The highest BCUT2D eigenvalue weighted by atomic mass is 14.8. The van der Waals surface area contributed by atoms with Gasteiger partial charge in [-0.1, -0.05) is 6.08 Å². The molecule has 0 aliphatic heterocycles. The zero-order valence-electron chi connectivity index (χ0n) is 3.39. The summed E-state index contributed by atoms with van der Waals surface area (Å²) in [6.45, 7) is 0. The molecule has 0 saturated carbocycles. The summed E-state index contributed by atoms with van der Waals surface area (Å²) in [7, 11) is 0. The van der Waals surface area contributed by atoms with E-state index in [-0.39, 0.29) is 0 Å². The molecule has 0 aromatic heterocycles. The number of nitrogens with zero attached hydrogens (tertiary/aromatic N) is 1. The molecule has 1 aliphatic carbocycles. The number of rotatable bonds is 1. The van der Waals surface area contributed by atoms with E-state index in [1.807, 2.05) is 6.08 Å². The van der Waals surface area contributed by atoms with Crippen molar-refractivity contribution in [3.63, 3.8) is 0 Å². The SMILES string of the molecule is N/C=N/C1=CC1. The summed E-state index contributed by atoms with van der Waals surface area (Å²) in [6.07, 6.45) is 4.37. The van der Waals surface area contributed by atoms with Crippen LogP contribution in [0, 0.1) is 0 Å². The molecule has 0 fully saturated rings. The van der Waals surface area contributed by atoms with Crippen LogP contribution in [0.4, 0.5) is 0 Å². The zero-order valence-corrected chi connectivity index (χ0v) is 3.39. The van der Waals surface area contributed by atoms with Crippen molar-refractivity contribution >= 4 is 6.34 Å². The average Bonchev–Trinajstić information content (AvgIpc) is 2.21. The second kappa shape index (κ2) is 1.12. The summed E-state index contributed by atoms with van der Waals surface area (Å²) in [4.78, 5) is 3.75. The van der Waals surface area contributed by atoms with Crippen molar-refractivity contribution in [2.24, 2.45) is 10.7 Å². The Hall–Kier alpha value is -0.790. The average molecular weight is 82.1 g/mol. The molecule has 2 N–H and O–H groups in total. The highest BCUT2D eigenvalue weighted by Crippen LogP contribution is 2.17. The summed E-state index contributed by atoms with van der Waals surface area (Å²) in [5, 5.41) is 0. The van der Waals surface area contributed by atoms with Crippen molar-refractivity contribution in [1.29, 1.82) is 0 Å². The molecule has 2 heteroatoms. The van der Waals surface area contributed by atoms with Crippen molar-refractivity contribution in [3.05, 3.63) is 11.8 Å². The molecular weight excluding hydrogens is 76.1 g/mol. The van der Waals surface area contributed by atoms with Crippen molar-refractivity contribution in [2.75, 3.05) is 0 Å². The number of nitrogens with two attached hydrogens (primary N) is 1. The van der Waals surface area contributed by atoms with E-state index in [4.69, 9.17) is 5.73 Å². The van der Waals surface area contributed by atoms with E-state index in [0.717, 1.165) is 12.1 Å². The third kappa shape index (κ3) is 0.578. The largest absolute Gasteiger partial charge is 0.390 e. The third-order valence-corrected chi connectivity index (χ3v) is 0.627. The van der Waals surface area contributed by atoms with Gasteiger partial charge in [-0.25, -0.2) is 4.99 Å². The Morgan fingerprint density at radius 3 is 2.83 bits per heavy atom. The van der Waals surface area contributed by atoms with Crippen molar-refractivity contribution < 1.29 is 0 Å². The van der Waals surface area contributed by atoms with Crippen LogP contribution in [-0.2, 0) is 0 Å². The fourth-order valence-corrected chi connectivity index (χ4v) is 0.247. The van der Waals surface area contributed by atoms with E-state index < -0.39 is 0 Å². The molecular formula is C4H6N2. The lowest BCUT2D eigenvalue weighted by Gasteiger charge is -1.67. The van der Waals surface area contributed by atoms with E-state index in [1.54, 1.807) is 0 Å². The molecule has 0 amide bonds. The highest BCUT2D eigenvalue weighted by Gasteiger charge is 2.00. The number of allylic oxidation sites excluding steroid dienone is 2. The van der Waals surface area contributed by atoms with Gasteiger partial charge >= 0.3 is 0 Å². The molecule has 0 aromatic rings. The molecule has 0 aromatic carbocycles.